The normalized spacial score (nSPS) is 11.3. The highest BCUT2D eigenvalue weighted by molar-refractivity contribution is 5.11. The van der Waals surface area contributed by atoms with Gasteiger partial charge in [-0.15, -0.1) is 0 Å². The number of ether oxygens (including phenoxy) is 1. The zero-order valence-electron chi connectivity index (χ0n) is 11.2. The molecular formula is C13H24N2O2. The molecule has 4 heteroatoms. The van der Waals surface area contributed by atoms with Crippen LogP contribution in [0.25, 0.3) is 0 Å². The number of likely N-dealkylation sites (N-methyl/N-ethyl adjacent to an activating group) is 1. The molecule has 4 nitrogen and oxygen atoms in total. The Labute approximate surface area is 104 Å². The zero-order chi connectivity index (χ0) is 12.5. The number of hydrogen-bond donors (Lipinski definition) is 1. The molecule has 17 heavy (non-hydrogen) atoms. The first kappa shape index (κ1) is 14.2. The molecule has 0 aliphatic rings. The molecule has 0 aromatic carbocycles. The molecule has 0 aliphatic carbocycles. The lowest BCUT2D eigenvalue weighted by Gasteiger charge is -2.08. The molecule has 1 rings (SSSR count). The Bertz CT molecular complexity index is 297. The van der Waals surface area contributed by atoms with Gasteiger partial charge in [0.1, 0.15) is 12.4 Å². The Hall–Kier alpha value is -0.840. The van der Waals surface area contributed by atoms with E-state index >= 15 is 0 Å². The van der Waals surface area contributed by atoms with E-state index in [1.54, 1.807) is 6.26 Å². The van der Waals surface area contributed by atoms with Gasteiger partial charge in [0.2, 0.25) is 0 Å². The summed E-state index contributed by atoms with van der Waals surface area (Å²) in [6.45, 7) is 6.30. The molecule has 0 saturated heterocycles. The van der Waals surface area contributed by atoms with Crippen LogP contribution in [-0.2, 0) is 17.9 Å². The largest absolute Gasteiger partial charge is 0.467 e. The number of hydrogen-bond acceptors (Lipinski definition) is 4. The Kier molecular flexibility index (Phi) is 6.93. The lowest BCUT2D eigenvalue weighted by Crippen LogP contribution is -2.17. The van der Waals surface area contributed by atoms with Crippen molar-refractivity contribution < 1.29 is 9.15 Å². The van der Waals surface area contributed by atoms with Crippen LogP contribution in [0.4, 0.5) is 0 Å². The van der Waals surface area contributed by atoms with Gasteiger partial charge in [-0.1, -0.05) is 6.92 Å². The molecule has 1 heterocycles. The van der Waals surface area contributed by atoms with Gasteiger partial charge < -0.3 is 19.4 Å². The van der Waals surface area contributed by atoms with Crippen LogP contribution in [0.2, 0.25) is 0 Å². The van der Waals surface area contributed by atoms with Gasteiger partial charge in [0.25, 0.3) is 0 Å². The Balaban J connectivity index is 2.16. The van der Waals surface area contributed by atoms with Gasteiger partial charge in [0, 0.05) is 18.7 Å². The van der Waals surface area contributed by atoms with Crippen molar-refractivity contribution in [3.05, 3.63) is 23.7 Å². The molecule has 98 valence electrons. The van der Waals surface area contributed by atoms with E-state index < -0.39 is 0 Å². The SMILES string of the molecule is CCCNCc1coc(COCCN(C)C)c1. The maximum absolute atomic E-state index is 5.51. The second kappa shape index (κ2) is 8.28. The van der Waals surface area contributed by atoms with E-state index in [9.17, 15) is 0 Å². The smallest absolute Gasteiger partial charge is 0.129 e. The van der Waals surface area contributed by atoms with E-state index in [-0.39, 0.29) is 0 Å². The van der Waals surface area contributed by atoms with Crippen LogP contribution in [0.1, 0.15) is 24.7 Å². The molecule has 1 aromatic heterocycles. The Morgan fingerprint density at radius 2 is 2.24 bits per heavy atom. The molecule has 1 aromatic rings. The van der Waals surface area contributed by atoms with Gasteiger partial charge >= 0.3 is 0 Å². The summed E-state index contributed by atoms with van der Waals surface area (Å²) in [5.41, 5.74) is 1.18. The van der Waals surface area contributed by atoms with Crippen LogP contribution in [0.15, 0.2) is 16.7 Å². The van der Waals surface area contributed by atoms with E-state index in [2.05, 4.69) is 23.2 Å². The van der Waals surface area contributed by atoms with E-state index in [1.807, 2.05) is 14.1 Å². The van der Waals surface area contributed by atoms with Crippen molar-refractivity contribution in [2.24, 2.45) is 0 Å². The molecule has 0 amide bonds. The van der Waals surface area contributed by atoms with Gasteiger partial charge in [0.05, 0.1) is 12.9 Å². The summed E-state index contributed by atoms with van der Waals surface area (Å²) in [6, 6.07) is 2.05. The fourth-order valence-corrected chi connectivity index (χ4v) is 1.42. The summed E-state index contributed by atoms with van der Waals surface area (Å²) < 4.78 is 10.9. The number of nitrogens with one attached hydrogen (secondary N) is 1. The van der Waals surface area contributed by atoms with Crippen molar-refractivity contribution in [3.63, 3.8) is 0 Å². The topological polar surface area (TPSA) is 37.6 Å². The molecule has 1 N–H and O–H groups in total. The first-order valence-electron chi connectivity index (χ1n) is 6.22. The second-order valence-electron chi connectivity index (χ2n) is 4.45. The molecule has 0 spiro atoms. The zero-order valence-corrected chi connectivity index (χ0v) is 11.2. The van der Waals surface area contributed by atoms with E-state index in [0.29, 0.717) is 6.61 Å². The van der Waals surface area contributed by atoms with E-state index in [0.717, 1.165) is 38.4 Å². The average Bonchev–Trinajstić information content (AvgIpc) is 2.73. The summed E-state index contributed by atoms with van der Waals surface area (Å²) >= 11 is 0. The third-order valence-electron chi connectivity index (χ3n) is 2.39. The Morgan fingerprint density at radius 1 is 1.41 bits per heavy atom. The minimum atomic E-state index is 0.557. The monoisotopic (exact) mass is 240 g/mol. The third-order valence-corrected chi connectivity index (χ3v) is 2.39. The summed E-state index contributed by atoms with van der Waals surface area (Å²) in [7, 11) is 4.07. The average molecular weight is 240 g/mol. The summed E-state index contributed by atoms with van der Waals surface area (Å²) in [5.74, 6) is 0.900. The molecule has 0 fully saturated rings. The first-order valence-corrected chi connectivity index (χ1v) is 6.22. The van der Waals surface area contributed by atoms with E-state index in [1.165, 1.54) is 5.56 Å². The predicted molar refractivity (Wildman–Crippen MR) is 68.9 cm³/mol. The third kappa shape index (κ3) is 6.46. The number of rotatable bonds is 9. The highest BCUT2D eigenvalue weighted by atomic mass is 16.5. The van der Waals surface area contributed by atoms with Crippen LogP contribution in [0.5, 0.6) is 0 Å². The maximum atomic E-state index is 5.51. The highest BCUT2D eigenvalue weighted by Gasteiger charge is 2.01. The van der Waals surface area contributed by atoms with E-state index in [4.69, 9.17) is 9.15 Å². The first-order chi connectivity index (χ1) is 8.22. The lowest BCUT2D eigenvalue weighted by molar-refractivity contribution is 0.0926. The van der Waals surface area contributed by atoms with Crippen LogP contribution in [0.3, 0.4) is 0 Å². The van der Waals surface area contributed by atoms with Gasteiger partial charge in [-0.25, -0.2) is 0 Å². The summed E-state index contributed by atoms with van der Waals surface area (Å²) in [5, 5.41) is 3.34. The van der Waals surface area contributed by atoms with Crippen molar-refractivity contribution >= 4 is 0 Å². The van der Waals surface area contributed by atoms with Gasteiger partial charge in [-0.2, -0.15) is 0 Å². The Morgan fingerprint density at radius 3 is 2.94 bits per heavy atom. The molecule has 0 atom stereocenters. The van der Waals surface area contributed by atoms with Crippen molar-refractivity contribution in [1.82, 2.24) is 10.2 Å². The van der Waals surface area contributed by atoms with Crippen LogP contribution in [-0.4, -0.2) is 38.7 Å². The molecule has 0 saturated carbocycles. The van der Waals surface area contributed by atoms with Crippen molar-refractivity contribution in [3.8, 4) is 0 Å². The predicted octanol–water partition coefficient (Wildman–Crippen LogP) is 1.86. The van der Waals surface area contributed by atoms with Crippen molar-refractivity contribution in [2.45, 2.75) is 26.5 Å². The quantitative estimate of drug-likeness (QED) is 0.669. The summed E-state index contributed by atoms with van der Waals surface area (Å²) in [6.07, 6.45) is 2.95. The fraction of sp³-hybridized carbons (Fsp3) is 0.692. The molecule has 0 radical (unpaired) electrons. The van der Waals surface area contributed by atoms with Gasteiger partial charge in [-0.3, -0.25) is 0 Å². The van der Waals surface area contributed by atoms with Crippen LogP contribution >= 0.6 is 0 Å². The minimum absolute atomic E-state index is 0.557. The number of furan rings is 1. The van der Waals surface area contributed by atoms with Gasteiger partial charge in [0.15, 0.2) is 0 Å². The summed E-state index contributed by atoms with van der Waals surface area (Å²) in [4.78, 5) is 2.10. The highest BCUT2D eigenvalue weighted by Crippen LogP contribution is 2.08. The van der Waals surface area contributed by atoms with Crippen LogP contribution < -0.4 is 5.32 Å². The van der Waals surface area contributed by atoms with Gasteiger partial charge in [-0.05, 0) is 33.1 Å². The molecular weight excluding hydrogens is 216 g/mol. The lowest BCUT2D eigenvalue weighted by atomic mass is 10.3. The molecule has 0 bridgehead atoms. The maximum Gasteiger partial charge on any atom is 0.129 e. The fourth-order valence-electron chi connectivity index (χ4n) is 1.42. The van der Waals surface area contributed by atoms with Crippen LogP contribution in [0, 0.1) is 0 Å². The standard InChI is InChI=1S/C13H24N2O2/c1-4-5-14-9-12-8-13(17-10-12)11-16-7-6-15(2)3/h8,10,14H,4-7,9,11H2,1-3H3. The van der Waals surface area contributed by atoms with Crippen molar-refractivity contribution in [1.29, 1.82) is 0 Å². The molecule has 0 aliphatic heterocycles. The molecule has 0 unspecified atom stereocenters. The van der Waals surface area contributed by atoms with Crippen molar-refractivity contribution in [2.75, 3.05) is 33.8 Å². The second-order valence-corrected chi connectivity index (χ2v) is 4.45. The minimum Gasteiger partial charge on any atom is -0.467 e. The number of nitrogens with zero attached hydrogens (tertiary/aromatic N) is 1.